The van der Waals surface area contributed by atoms with Gasteiger partial charge in [0.1, 0.15) is 32.8 Å². The molecule has 0 unspecified atom stereocenters. The number of piperidine rings is 1. The lowest BCUT2D eigenvalue weighted by atomic mass is 10.1. The number of hydrogen-bond donors (Lipinski definition) is 0. The van der Waals surface area contributed by atoms with Crippen molar-refractivity contribution >= 4 is 33.3 Å². The van der Waals surface area contributed by atoms with Crippen LogP contribution in [0.4, 0.5) is 5.82 Å². The molecule has 8 nitrogen and oxygen atoms in total. The second kappa shape index (κ2) is 9.32. The molecule has 0 bridgehead atoms. The van der Waals surface area contributed by atoms with Crippen molar-refractivity contribution in [2.24, 2.45) is 0 Å². The molecule has 0 saturated carbocycles. The largest absolute Gasteiger partial charge is 0.462 e. The van der Waals surface area contributed by atoms with Gasteiger partial charge in [0.05, 0.1) is 25.1 Å². The second-order valence-corrected chi connectivity index (χ2v) is 9.04. The number of ether oxygens (including phenoxy) is 1. The molecule has 0 radical (unpaired) electrons. The van der Waals surface area contributed by atoms with E-state index in [1.807, 2.05) is 33.9 Å². The van der Waals surface area contributed by atoms with Crippen LogP contribution >= 0.6 is 11.3 Å². The molecule has 4 heterocycles. The van der Waals surface area contributed by atoms with E-state index in [2.05, 4.69) is 15.0 Å². The maximum atomic E-state index is 12.5. The summed E-state index contributed by atoms with van der Waals surface area (Å²) in [5, 5.41) is 5.02. The Balaban J connectivity index is 1.74. The van der Waals surface area contributed by atoms with E-state index in [-0.39, 0.29) is 5.97 Å². The minimum atomic E-state index is -0.304. The van der Waals surface area contributed by atoms with Crippen LogP contribution < -0.4 is 4.90 Å². The zero-order valence-corrected chi connectivity index (χ0v) is 19.4. The Morgan fingerprint density at radius 2 is 2.03 bits per heavy atom. The number of rotatable bonds is 7. The Morgan fingerprint density at radius 3 is 2.71 bits per heavy atom. The van der Waals surface area contributed by atoms with E-state index >= 15 is 0 Å². The summed E-state index contributed by atoms with van der Waals surface area (Å²) in [6.45, 7) is 9.39. The highest BCUT2D eigenvalue weighted by Crippen LogP contribution is 2.36. The molecule has 3 aromatic rings. The number of aryl methyl sites for hydroxylation is 2. The average molecular weight is 444 g/mol. The SMILES string of the molecule is CCOC(=O)c1sc2nc(CN3CCCCC3)nc(N(C)Cc3cc(C)on3)c2c1C. The van der Waals surface area contributed by atoms with Crippen LogP contribution in [-0.4, -0.2) is 52.7 Å². The number of anilines is 1. The number of nitrogens with zero attached hydrogens (tertiary/aromatic N) is 5. The topological polar surface area (TPSA) is 84.6 Å². The van der Waals surface area contributed by atoms with Gasteiger partial charge in [-0.3, -0.25) is 4.90 Å². The molecule has 1 aliphatic heterocycles. The number of esters is 1. The minimum absolute atomic E-state index is 0.304. The third-order valence-electron chi connectivity index (χ3n) is 5.53. The van der Waals surface area contributed by atoms with Crippen LogP contribution in [-0.2, 0) is 17.8 Å². The molecular formula is C22H29N5O3S. The van der Waals surface area contributed by atoms with Crippen molar-refractivity contribution in [3.8, 4) is 0 Å². The Morgan fingerprint density at radius 1 is 1.26 bits per heavy atom. The first kappa shape index (κ1) is 21.7. The molecule has 1 fully saturated rings. The van der Waals surface area contributed by atoms with Crippen molar-refractivity contribution in [3.63, 3.8) is 0 Å². The van der Waals surface area contributed by atoms with E-state index in [1.165, 1.54) is 30.6 Å². The highest BCUT2D eigenvalue weighted by Gasteiger charge is 2.24. The van der Waals surface area contributed by atoms with Crippen molar-refractivity contribution in [1.29, 1.82) is 0 Å². The van der Waals surface area contributed by atoms with Gasteiger partial charge in [-0.25, -0.2) is 14.8 Å². The molecule has 4 rings (SSSR count). The fourth-order valence-corrected chi connectivity index (χ4v) is 5.12. The number of fused-ring (bicyclic) bond motifs is 1. The fraction of sp³-hybridized carbons (Fsp3) is 0.545. The molecule has 9 heteroatoms. The number of likely N-dealkylation sites (tertiary alicyclic amines) is 1. The Labute approximate surface area is 186 Å². The lowest BCUT2D eigenvalue weighted by Gasteiger charge is -2.26. The number of aromatic nitrogens is 3. The number of carbonyl (C=O) groups is 1. The predicted molar refractivity (Wildman–Crippen MR) is 121 cm³/mol. The molecule has 0 aromatic carbocycles. The smallest absolute Gasteiger partial charge is 0.348 e. The molecule has 0 amide bonds. The minimum Gasteiger partial charge on any atom is -0.462 e. The summed E-state index contributed by atoms with van der Waals surface area (Å²) in [4.78, 5) is 28.2. The Hall–Kier alpha value is -2.52. The number of thiophene rings is 1. The lowest BCUT2D eigenvalue weighted by Crippen LogP contribution is -2.30. The molecule has 0 aliphatic carbocycles. The molecule has 166 valence electrons. The monoisotopic (exact) mass is 443 g/mol. The molecule has 1 aliphatic rings. The molecule has 0 spiro atoms. The van der Waals surface area contributed by atoms with Gasteiger partial charge in [0.15, 0.2) is 0 Å². The van der Waals surface area contributed by atoms with Crippen LogP contribution in [0.1, 0.15) is 58.7 Å². The standard InChI is InChI=1S/C22H29N5O3S/c1-5-29-22(28)19-15(3)18-20(26(4)12-16-11-14(2)30-25-16)23-17(24-21(18)31-19)13-27-9-7-6-8-10-27/h11H,5-10,12-13H2,1-4H3. The maximum absolute atomic E-state index is 12.5. The van der Waals surface area contributed by atoms with Crippen LogP contribution in [0.3, 0.4) is 0 Å². The Kier molecular flexibility index (Phi) is 6.52. The van der Waals surface area contributed by atoms with Gasteiger partial charge in [-0.15, -0.1) is 11.3 Å². The van der Waals surface area contributed by atoms with Gasteiger partial charge < -0.3 is 14.2 Å². The quantitative estimate of drug-likeness (QED) is 0.505. The summed E-state index contributed by atoms with van der Waals surface area (Å²) in [7, 11) is 1.98. The van der Waals surface area contributed by atoms with E-state index in [9.17, 15) is 4.79 Å². The third-order valence-corrected chi connectivity index (χ3v) is 6.70. The van der Waals surface area contributed by atoms with Crippen LogP contribution in [0.15, 0.2) is 10.6 Å². The third kappa shape index (κ3) is 4.72. The van der Waals surface area contributed by atoms with Crippen molar-refractivity contribution in [1.82, 2.24) is 20.0 Å². The van der Waals surface area contributed by atoms with Gasteiger partial charge in [0.25, 0.3) is 0 Å². The normalized spacial score (nSPS) is 14.8. The summed E-state index contributed by atoms with van der Waals surface area (Å²) in [6, 6.07) is 1.92. The highest BCUT2D eigenvalue weighted by molar-refractivity contribution is 7.20. The van der Waals surface area contributed by atoms with Crippen molar-refractivity contribution in [2.45, 2.75) is 53.1 Å². The highest BCUT2D eigenvalue weighted by atomic mass is 32.1. The van der Waals surface area contributed by atoms with Crippen LogP contribution in [0, 0.1) is 13.8 Å². The summed E-state index contributed by atoms with van der Waals surface area (Å²) in [5.74, 6) is 2.06. The molecule has 1 saturated heterocycles. The zero-order chi connectivity index (χ0) is 22.0. The summed E-state index contributed by atoms with van der Waals surface area (Å²) in [5.41, 5.74) is 1.70. The molecule has 0 atom stereocenters. The van der Waals surface area contributed by atoms with Crippen molar-refractivity contribution in [2.75, 3.05) is 31.6 Å². The van der Waals surface area contributed by atoms with Crippen LogP contribution in [0.5, 0.6) is 0 Å². The lowest BCUT2D eigenvalue weighted by molar-refractivity contribution is 0.0531. The maximum Gasteiger partial charge on any atom is 0.348 e. The average Bonchev–Trinajstić information content (AvgIpc) is 3.31. The van der Waals surface area contributed by atoms with Crippen LogP contribution in [0.25, 0.3) is 10.2 Å². The van der Waals surface area contributed by atoms with Crippen molar-refractivity contribution < 1.29 is 14.1 Å². The van der Waals surface area contributed by atoms with Gasteiger partial charge in [0.2, 0.25) is 0 Å². The van der Waals surface area contributed by atoms with E-state index in [0.29, 0.717) is 24.6 Å². The summed E-state index contributed by atoms with van der Waals surface area (Å²) < 4.78 is 10.5. The summed E-state index contributed by atoms with van der Waals surface area (Å²) >= 11 is 1.39. The number of carbonyl (C=O) groups excluding carboxylic acids is 1. The van der Waals surface area contributed by atoms with E-state index in [1.54, 1.807) is 0 Å². The Bertz CT molecular complexity index is 1070. The van der Waals surface area contributed by atoms with E-state index in [0.717, 1.165) is 52.0 Å². The summed E-state index contributed by atoms with van der Waals surface area (Å²) in [6.07, 6.45) is 3.71. The molecule has 3 aromatic heterocycles. The first-order chi connectivity index (χ1) is 15.0. The van der Waals surface area contributed by atoms with Gasteiger partial charge in [-0.2, -0.15) is 0 Å². The van der Waals surface area contributed by atoms with E-state index in [4.69, 9.17) is 19.2 Å². The fourth-order valence-electron chi connectivity index (χ4n) is 4.03. The van der Waals surface area contributed by atoms with Gasteiger partial charge in [-0.1, -0.05) is 11.6 Å². The van der Waals surface area contributed by atoms with Gasteiger partial charge in [-0.05, 0) is 52.3 Å². The predicted octanol–water partition coefficient (Wildman–Crippen LogP) is 4.10. The molecule has 0 N–H and O–H groups in total. The first-order valence-electron chi connectivity index (χ1n) is 10.8. The molecule has 31 heavy (non-hydrogen) atoms. The van der Waals surface area contributed by atoms with Crippen molar-refractivity contribution in [3.05, 3.63) is 33.8 Å². The van der Waals surface area contributed by atoms with E-state index < -0.39 is 0 Å². The first-order valence-corrected chi connectivity index (χ1v) is 11.6. The second-order valence-electron chi connectivity index (χ2n) is 8.04. The number of hydrogen-bond acceptors (Lipinski definition) is 9. The van der Waals surface area contributed by atoms with Crippen LogP contribution in [0.2, 0.25) is 0 Å². The zero-order valence-electron chi connectivity index (χ0n) is 18.6. The molecular weight excluding hydrogens is 414 g/mol. The van der Waals surface area contributed by atoms with Gasteiger partial charge in [0, 0.05) is 13.1 Å². The van der Waals surface area contributed by atoms with Gasteiger partial charge >= 0.3 is 5.97 Å².